The van der Waals surface area contributed by atoms with Crippen LogP contribution < -0.4 is 10.1 Å². The maximum Gasteiger partial charge on any atom is 0.269 e. The number of rotatable bonds is 5. The van der Waals surface area contributed by atoms with E-state index >= 15 is 0 Å². The van der Waals surface area contributed by atoms with E-state index in [2.05, 4.69) is 19.2 Å². The number of non-ortho nitro benzene ring substituents is 1. The topological polar surface area (TPSA) is 81.5 Å². The van der Waals surface area contributed by atoms with E-state index in [0.29, 0.717) is 22.6 Å². The summed E-state index contributed by atoms with van der Waals surface area (Å²) in [6.45, 7) is 4.15. The molecule has 1 N–H and O–H groups in total. The zero-order chi connectivity index (χ0) is 27.0. The molecule has 38 heavy (non-hydrogen) atoms. The molecular formula is C31H27ClN2O4. The van der Waals surface area contributed by atoms with Gasteiger partial charge in [0.2, 0.25) is 0 Å². The van der Waals surface area contributed by atoms with Crippen molar-refractivity contribution in [1.82, 2.24) is 5.32 Å². The Bertz CT molecular complexity index is 1500. The molecule has 0 saturated heterocycles. The Kier molecular flexibility index (Phi) is 6.67. The largest absolute Gasteiger partial charge is 0.497 e. The number of benzene rings is 3. The second-order valence-electron chi connectivity index (χ2n) is 10.2. The lowest BCUT2D eigenvalue weighted by atomic mass is 9.67. The highest BCUT2D eigenvalue weighted by atomic mass is 35.5. The average molecular weight is 527 g/mol. The Morgan fingerprint density at radius 2 is 1.68 bits per heavy atom. The van der Waals surface area contributed by atoms with E-state index in [1.165, 1.54) is 12.1 Å². The molecule has 5 rings (SSSR count). The number of ether oxygens (including phenoxy) is 1. The first kappa shape index (κ1) is 25.5. The number of hydrogen-bond donors (Lipinski definition) is 1. The summed E-state index contributed by atoms with van der Waals surface area (Å²) in [5.74, 6) is 0.344. The van der Waals surface area contributed by atoms with Crippen molar-refractivity contribution in [3.05, 3.63) is 128 Å². The number of methoxy groups -OCH3 is 1. The molecule has 1 atom stereocenters. The van der Waals surface area contributed by atoms with E-state index in [1.807, 2.05) is 60.7 Å². The summed E-state index contributed by atoms with van der Waals surface area (Å²) < 4.78 is 5.31. The molecule has 1 aliphatic heterocycles. The summed E-state index contributed by atoms with van der Waals surface area (Å²) in [5, 5.41) is 15.4. The van der Waals surface area contributed by atoms with E-state index in [0.717, 1.165) is 33.8 Å². The van der Waals surface area contributed by atoms with Crippen LogP contribution in [-0.2, 0) is 4.79 Å². The van der Waals surface area contributed by atoms with Gasteiger partial charge in [0, 0.05) is 45.6 Å². The minimum Gasteiger partial charge on any atom is -0.497 e. The van der Waals surface area contributed by atoms with Crippen molar-refractivity contribution >= 4 is 34.8 Å². The summed E-state index contributed by atoms with van der Waals surface area (Å²) in [7, 11) is 1.62. The number of carbonyl (C=O) groups excluding carboxylic acids is 1. The van der Waals surface area contributed by atoms with Crippen molar-refractivity contribution in [2.75, 3.05) is 7.11 Å². The molecule has 7 heteroatoms. The molecule has 3 aromatic rings. The lowest BCUT2D eigenvalue weighted by Gasteiger charge is -2.40. The van der Waals surface area contributed by atoms with Gasteiger partial charge >= 0.3 is 0 Å². The molecule has 0 radical (unpaired) electrons. The first-order valence-corrected chi connectivity index (χ1v) is 12.7. The van der Waals surface area contributed by atoms with Crippen LogP contribution in [0.15, 0.2) is 95.7 Å². The first-order chi connectivity index (χ1) is 18.2. The van der Waals surface area contributed by atoms with Crippen molar-refractivity contribution in [1.29, 1.82) is 0 Å². The van der Waals surface area contributed by atoms with Gasteiger partial charge in [0.1, 0.15) is 5.75 Å². The van der Waals surface area contributed by atoms with Gasteiger partial charge in [-0.2, -0.15) is 0 Å². The van der Waals surface area contributed by atoms with Gasteiger partial charge in [0.25, 0.3) is 5.69 Å². The number of allylic oxidation sites excluding steroid dienone is 4. The van der Waals surface area contributed by atoms with Gasteiger partial charge in [-0.05, 0) is 77.1 Å². The second-order valence-corrected chi connectivity index (χ2v) is 10.6. The third kappa shape index (κ3) is 4.87. The van der Waals surface area contributed by atoms with Gasteiger partial charge in [-0.25, -0.2) is 0 Å². The van der Waals surface area contributed by atoms with Crippen LogP contribution in [0.25, 0.3) is 11.8 Å². The predicted octanol–water partition coefficient (Wildman–Crippen LogP) is 7.32. The maximum atomic E-state index is 14.2. The van der Waals surface area contributed by atoms with Crippen LogP contribution in [0.4, 0.5) is 5.69 Å². The zero-order valence-electron chi connectivity index (χ0n) is 21.3. The molecule has 0 bridgehead atoms. The number of dihydropyridines is 1. The van der Waals surface area contributed by atoms with Crippen LogP contribution in [0.5, 0.6) is 5.75 Å². The molecule has 192 valence electrons. The lowest BCUT2D eigenvalue weighted by molar-refractivity contribution is -0.384. The summed E-state index contributed by atoms with van der Waals surface area (Å²) in [6.07, 6.45) is 4.60. The molecule has 0 fully saturated rings. The SMILES string of the molecule is COc1ccc(C2=CC(c3ccc([N+](=O)[O-])cc3)C3=C(CC(C)(C)/C(=C/c4ccc(Cl)cc4)C3=O)N2)cc1. The molecule has 0 saturated carbocycles. The van der Waals surface area contributed by atoms with Crippen LogP contribution >= 0.6 is 11.6 Å². The van der Waals surface area contributed by atoms with E-state index in [-0.39, 0.29) is 17.4 Å². The molecule has 1 heterocycles. The molecule has 6 nitrogen and oxygen atoms in total. The normalized spacial score (nSPS) is 19.5. The zero-order valence-corrected chi connectivity index (χ0v) is 22.1. The van der Waals surface area contributed by atoms with Crippen molar-refractivity contribution in [2.45, 2.75) is 26.2 Å². The van der Waals surface area contributed by atoms with Crippen molar-refractivity contribution in [3.8, 4) is 5.75 Å². The van der Waals surface area contributed by atoms with Crippen LogP contribution in [-0.4, -0.2) is 17.8 Å². The molecule has 1 unspecified atom stereocenters. The number of hydrogen-bond acceptors (Lipinski definition) is 5. The maximum absolute atomic E-state index is 14.2. The Labute approximate surface area is 226 Å². The van der Waals surface area contributed by atoms with Crippen molar-refractivity contribution in [2.24, 2.45) is 5.41 Å². The first-order valence-electron chi connectivity index (χ1n) is 12.3. The molecule has 2 aliphatic rings. The van der Waals surface area contributed by atoms with Gasteiger partial charge in [-0.1, -0.05) is 49.7 Å². The standard InChI is InChI=1S/C31H27ClN2O4/c1-31(2)18-28-29(30(35)26(31)16-19-4-10-22(32)11-5-19)25(20-6-12-23(13-7-20)34(36)37)17-27(33-28)21-8-14-24(38-3)15-9-21/h4-17,25,33H,18H2,1-3H3/b26-16+. The minimum atomic E-state index is -0.426. The number of Topliss-reactive ketones (excluding diaryl/α,β-unsaturated/α-hetero) is 1. The fraction of sp³-hybridized carbons (Fsp3) is 0.194. The van der Waals surface area contributed by atoms with E-state index in [1.54, 1.807) is 19.2 Å². The second kappa shape index (κ2) is 9.95. The number of carbonyl (C=O) groups is 1. The summed E-state index contributed by atoms with van der Waals surface area (Å²) >= 11 is 6.07. The van der Waals surface area contributed by atoms with Crippen molar-refractivity contribution in [3.63, 3.8) is 0 Å². The highest BCUT2D eigenvalue weighted by molar-refractivity contribution is 6.30. The molecule has 3 aromatic carbocycles. The number of nitro groups is 1. The molecule has 0 spiro atoms. The average Bonchev–Trinajstić information content (AvgIpc) is 2.91. The molecule has 0 amide bonds. The van der Waals surface area contributed by atoms with Gasteiger partial charge in [0.15, 0.2) is 5.78 Å². The molecule has 1 aliphatic carbocycles. The summed E-state index contributed by atoms with van der Waals surface area (Å²) in [4.78, 5) is 25.0. The van der Waals surface area contributed by atoms with Gasteiger partial charge in [0.05, 0.1) is 12.0 Å². The third-order valence-corrected chi connectivity index (χ3v) is 7.39. The van der Waals surface area contributed by atoms with Crippen LogP contribution in [0.1, 0.15) is 42.9 Å². The van der Waals surface area contributed by atoms with Crippen LogP contribution in [0, 0.1) is 15.5 Å². The number of halogens is 1. The number of nitrogens with zero attached hydrogens (tertiary/aromatic N) is 1. The summed E-state index contributed by atoms with van der Waals surface area (Å²) in [6, 6.07) is 21.6. The summed E-state index contributed by atoms with van der Waals surface area (Å²) in [5.41, 5.74) is 5.38. The Hall–Kier alpha value is -4.16. The molecule has 0 aromatic heterocycles. The minimum absolute atomic E-state index is 0.00988. The Balaban J connectivity index is 1.62. The smallest absolute Gasteiger partial charge is 0.269 e. The molecular weight excluding hydrogens is 500 g/mol. The van der Waals surface area contributed by atoms with E-state index in [9.17, 15) is 14.9 Å². The van der Waals surface area contributed by atoms with E-state index in [4.69, 9.17) is 16.3 Å². The number of nitrogens with one attached hydrogen (secondary N) is 1. The fourth-order valence-corrected chi connectivity index (χ4v) is 5.23. The lowest BCUT2D eigenvalue weighted by Crippen LogP contribution is -2.37. The van der Waals surface area contributed by atoms with Crippen LogP contribution in [0.2, 0.25) is 5.02 Å². The van der Waals surface area contributed by atoms with Gasteiger partial charge in [-0.3, -0.25) is 14.9 Å². The number of nitro benzene ring substituents is 1. The highest BCUT2D eigenvalue weighted by Gasteiger charge is 2.42. The number of ketones is 1. The quantitative estimate of drug-likeness (QED) is 0.214. The fourth-order valence-electron chi connectivity index (χ4n) is 5.11. The Morgan fingerprint density at radius 1 is 1.03 bits per heavy atom. The Morgan fingerprint density at radius 3 is 2.29 bits per heavy atom. The van der Waals surface area contributed by atoms with Gasteiger partial charge < -0.3 is 10.1 Å². The monoisotopic (exact) mass is 526 g/mol. The van der Waals surface area contributed by atoms with E-state index < -0.39 is 10.3 Å². The van der Waals surface area contributed by atoms with Gasteiger partial charge in [-0.15, -0.1) is 0 Å². The predicted molar refractivity (Wildman–Crippen MR) is 150 cm³/mol. The third-order valence-electron chi connectivity index (χ3n) is 7.14. The van der Waals surface area contributed by atoms with Crippen LogP contribution in [0.3, 0.4) is 0 Å². The highest BCUT2D eigenvalue weighted by Crippen LogP contribution is 2.48. The van der Waals surface area contributed by atoms with Crippen molar-refractivity contribution < 1.29 is 14.5 Å².